The largest absolute Gasteiger partial charge is 0.481 e. The summed E-state index contributed by atoms with van der Waals surface area (Å²) in [4.78, 5) is 29.4. The fraction of sp³-hybridized carbons (Fsp3) is 0.333. The summed E-state index contributed by atoms with van der Waals surface area (Å²) in [5.74, 6) is 0.149. The number of carbonyl (C=O) groups excluding carboxylic acids is 1. The van der Waals surface area contributed by atoms with Gasteiger partial charge in [0.2, 0.25) is 0 Å². The maximum absolute atomic E-state index is 12.4. The Hall–Kier alpha value is -2.42. The van der Waals surface area contributed by atoms with Crippen LogP contribution in [-0.4, -0.2) is 49.9 Å². The topological polar surface area (TPSA) is 100 Å². The number of pyridine rings is 1. The van der Waals surface area contributed by atoms with Crippen LogP contribution in [0.5, 0.6) is 0 Å². The van der Waals surface area contributed by atoms with Gasteiger partial charge in [-0.1, -0.05) is 0 Å². The quantitative estimate of drug-likeness (QED) is 0.833. The number of amides is 2. The van der Waals surface area contributed by atoms with Gasteiger partial charge in [0, 0.05) is 29.8 Å². The van der Waals surface area contributed by atoms with Gasteiger partial charge in [-0.25, -0.2) is 9.78 Å². The lowest BCUT2D eigenvalue weighted by molar-refractivity contribution is -0.146. The van der Waals surface area contributed by atoms with E-state index in [1.165, 1.54) is 9.58 Å². The molecule has 1 atom stereocenters. The van der Waals surface area contributed by atoms with Gasteiger partial charge in [0.15, 0.2) is 5.82 Å². The van der Waals surface area contributed by atoms with Gasteiger partial charge < -0.3 is 10.0 Å². The highest BCUT2D eigenvalue weighted by Crippen LogP contribution is 2.30. The molecule has 0 bridgehead atoms. The number of nitrogens with zero attached hydrogens (tertiary/aromatic N) is 4. The summed E-state index contributed by atoms with van der Waals surface area (Å²) >= 11 is 3.32. The molecule has 1 saturated heterocycles. The minimum Gasteiger partial charge on any atom is -0.481 e. The zero-order valence-corrected chi connectivity index (χ0v) is 14.5. The minimum absolute atomic E-state index is 0.179. The van der Waals surface area contributed by atoms with Crippen molar-refractivity contribution in [2.45, 2.75) is 13.3 Å². The normalized spacial score (nSPS) is 20.2. The summed E-state index contributed by atoms with van der Waals surface area (Å²) in [6, 6.07) is 4.91. The van der Waals surface area contributed by atoms with Crippen molar-refractivity contribution >= 4 is 33.7 Å². The number of aromatic nitrogens is 3. The molecular formula is C15H16BrN5O3. The Balaban J connectivity index is 1.74. The molecule has 0 aliphatic carbocycles. The lowest BCUT2D eigenvalue weighted by Crippen LogP contribution is -2.37. The number of urea groups is 1. The molecule has 0 saturated carbocycles. The molecule has 9 heteroatoms. The van der Waals surface area contributed by atoms with Crippen molar-refractivity contribution in [2.75, 3.05) is 18.4 Å². The molecular weight excluding hydrogens is 378 g/mol. The number of nitrogens with one attached hydrogen (secondary N) is 1. The lowest BCUT2D eigenvalue weighted by Gasteiger charge is -2.20. The highest BCUT2D eigenvalue weighted by atomic mass is 79.9. The summed E-state index contributed by atoms with van der Waals surface area (Å²) in [6.45, 7) is 2.23. The number of carboxylic acid groups (broad SMARTS) is 1. The Bertz CT molecular complexity index is 776. The third-order valence-electron chi connectivity index (χ3n) is 4.08. The fourth-order valence-electron chi connectivity index (χ4n) is 2.57. The van der Waals surface area contributed by atoms with E-state index < -0.39 is 11.4 Å². The number of likely N-dealkylation sites (tertiary alicyclic amines) is 1. The van der Waals surface area contributed by atoms with Crippen molar-refractivity contribution in [3.63, 3.8) is 0 Å². The lowest BCUT2D eigenvalue weighted by atomic mass is 9.90. The number of carbonyl (C=O) groups is 2. The SMILES string of the molecule is CC1(C(=O)O)CCN(C(=O)Nc2ccnn2-c2ccc(Br)cn2)C1. The van der Waals surface area contributed by atoms with E-state index in [1.807, 2.05) is 6.07 Å². The van der Waals surface area contributed by atoms with Crippen molar-refractivity contribution in [1.82, 2.24) is 19.7 Å². The van der Waals surface area contributed by atoms with E-state index in [-0.39, 0.29) is 12.6 Å². The number of hydrogen-bond donors (Lipinski definition) is 2. The first-order valence-corrected chi connectivity index (χ1v) is 8.14. The van der Waals surface area contributed by atoms with E-state index in [0.29, 0.717) is 24.6 Å². The maximum Gasteiger partial charge on any atom is 0.323 e. The van der Waals surface area contributed by atoms with Crippen LogP contribution in [0.25, 0.3) is 5.82 Å². The molecule has 2 N–H and O–H groups in total. The third-order valence-corrected chi connectivity index (χ3v) is 4.55. The highest BCUT2D eigenvalue weighted by molar-refractivity contribution is 9.10. The highest BCUT2D eigenvalue weighted by Gasteiger charge is 2.42. The second kappa shape index (κ2) is 6.23. The minimum atomic E-state index is -0.898. The number of anilines is 1. The number of aliphatic carboxylic acids is 1. The predicted molar refractivity (Wildman–Crippen MR) is 90.0 cm³/mol. The Morgan fingerprint density at radius 1 is 1.38 bits per heavy atom. The average molecular weight is 394 g/mol. The number of carboxylic acids is 1. The first kappa shape index (κ1) is 16.4. The van der Waals surface area contributed by atoms with Crippen LogP contribution in [0.3, 0.4) is 0 Å². The molecule has 1 aliphatic rings. The summed E-state index contributed by atoms with van der Waals surface area (Å²) < 4.78 is 2.35. The zero-order valence-electron chi connectivity index (χ0n) is 12.9. The number of rotatable bonds is 3. The summed E-state index contributed by atoms with van der Waals surface area (Å²) in [7, 11) is 0. The molecule has 2 aromatic rings. The summed E-state index contributed by atoms with van der Waals surface area (Å²) in [5.41, 5.74) is -0.898. The molecule has 0 spiro atoms. The summed E-state index contributed by atoms with van der Waals surface area (Å²) in [6.07, 6.45) is 3.63. The zero-order chi connectivity index (χ0) is 17.3. The van der Waals surface area contributed by atoms with E-state index in [4.69, 9.17) is 0 Å². The average Bonchev–Trinajstić information content (AvgIpc) is 3.16. The van der Waals surface area contributed by atoms with Gasteiger partial charge in [0.05, 0.1) is 11.6 Å². The van der Waals surface area contributed by atoms with Gasteiger partial charge in [-0.15, -0.1) is 0 Å². The Kier molecular flexibility index (Phi) is 4.27. The first-order chi connectivity index (χ1) is 11.4. The van der Waals surface area contributed by atoms with Crippen molar-refractivity contribution in [2.24, 2.45) is 5.41 Å². The van der Waals surface area contributed by atoms with Crippen LogP contribution in [0.4, 0.5) is 10.6 Å². The van der Waals surface area contributed by atoms with Crippen LogP contribution < -0.4 is 5.32 Å². The fourth-order valence-corrected chi connectivity index (χ4v) is 2.81. The van der Waals surface area contributed by atoms with Gasteiger partial charge in [-0.05, 0) is 41.4 Å². The van der Waals surface area contributed by atoms with Gasteiger partial charge in [-0.2, -0.15) is 9.78 Å². The van der Waals surface area contributed by atoms with Crippen molar-refractivity contribution < 1.29 is 14.7 Å². The van der Waals surface area contributed by atoms with Crippen LogP contribution in [-0.2, 0) is 4.79 Å². The molecule has 0 aromatic carbocycles. The second-order valence-corrected chi connectivity index (χ2v) is 6.85. The summed E-state index contributed by atoms with van der Waals surface area (Å²) in [5, 5.41) is 16.2. The molecule has 3 heterocycles. The van der Waals surface area contributed by atoms with E-state index in [1.54, 1.807) is 31.5 Å². The Morgan fingerprint density at radius 2 is 2.17 bits per heavy atom. The predicted octanol–water partition coefficient (Wildman–Crippen LogP) is 2.36. The number of hydrogen-bond acceptors (Lipinski definition) is 4. The van der Waals surface area contributed by atoms with E-state index in [0.717, 1.165) is 4.47 Å². The van der Waals surface area contributed by atoms with Crippen LogP contribution in [0.2, 0.25) is 0 Å². The van der Waals surface area contributed by atoms with E-state index >= 15 is 0 Å². The van der Waals surface area contributed by atoms with Gasteiger partial charge in [0.25, 0.3) is 0 Å². The molecule has 126 valence electrons. The van der Waals surface area contributed by atoms with Crippen LogP contribution in [0.1, 0.15) is 13.3 Å². The molecule has 1 fully saturated rings. The second-order valence-electron chi connectivity index (χ2n) is 5.93. The molecule has 1 unspecified atom stereocenters. The third kappa shape index (κ3) is 3.12. The van der Waals surface area contributed by atoms with Gasteiger partial charge >= 0.3 is 12.0 Å². The van der Waals surface area contributed by atoms with Crippen molar-refractivity contribution in [3.8, 4) is 5.82 Å². The molecule has 3 rings (SSSR count). The van der Waals surface area contributed by atoms with Crippen LogP contribution in [0.15, 0.2) is 35.1 Å². The molecule has 24 heavy (non-hydrogen) atoms. The molecule has 2 aromatic heterocycles. The molecule has 0 radical (unpaired) electrons. The van der Waals surface area contributed by atoms with Crippen molar-refractivity contribution in [3.05, 3.63) is 35.1 Å². The van der Waals surface area contributed by atoms with Crippen LogP contribution in [0, 0.1) is 5.41 Å². The monoisotopic (exact) mass is 393 g/mol. The first-order valence-electron chi connectivity index (χ1n) is 7.34. The van der Waals surface area contributed by atoms with Gasteiger partial charge in [-0.3, -0.25) is 10.1 Å². The van der Waals surface area contributed by atoms with Crippen LogP contribution >= 0.6 is 15.9 Å². The molecule has 1 aliphatic heterocycles. The smallest absolute Gasteiger partial charge is 0.323 e. The Labute approximate surface area is 146 Å². The number of halogens is 1. The van der Waals surface area contributed by atoms with Gasteiger partial charge in [0.1, 0.15) is 5.82 Å². The van der Waals surface area contributed by atoms with E-state index in [9.17, 15) is 14.7 Å². The molecule has 8 nitrogen and oxygen atoms in total. The van der Waals surface area contributed by atoms with E-state index in [2.05, 4.69) is 31.3 Å². The molecule has 2 amide bonds. The standard InChI is InChI=1S/C15H16BrN5O3/c1-15(13(22)23)5-7-20(9-15)14(24)19-12-4-6-18-21(12)11-3-2-10(16)8-17-11/h2-4,6,8H,5,7,9H2,1H3,(H,19,24)(H,22,23). The maximum atomic E-state index is 12.4. The van der Waals surface area contributed by atoms with Crippen molar-refractivity contribution in [1.29, 1.82) is 0 Å². The Morgan fingerprint density at radius 3 is 2.79 bits per heavy atom.